The molecule has 0 aromatic heterocycles. The smallest absolute Gasteiger partial charge is 0.321 e. The summed E-state index contributed by atoms with van der Waals surface area (Å²) in [5.41, 5.74) is 2.72. The van der Waals surface area contributed by atoms with E-state index in [1.807, 2.05) is 12.1 Å². The maximum absolute atomic E-state index is 11.9. The lowest BCUT2D eigenvalue weighted by Gasteiger charge is -2.09. The fourth-order valence-corrected chi connectivity index (χ4v) is 2.16. The SMILES string of the molecule is COC(=O)C(Br)CNC(=O)c1ccc2c(c1)COC2. The van der Waals surface area contributed by atoms with Gasteiger partial charge in [-0.1, -0.05) is 22.0 Å². The molecule has 1 aliphatic rings. The van der Waals surface area contributed by atoms with E-state index in [4.69, 9.17) is 4.74 Å². The molecule has 2 rings (SSSR count). The van der Waals surface area contributed by atoms with Gasteiger partial charge in [0.15, 0.2) is 0 Å². The third kappa shape index (κ3) is 3.33. The van der Waals surface area contributed by atoms with Gasteiger partial charge in [0.05, 0.1) is 20.3 Å². The van der Waals surface area contributed by atoms with Crippen molar-refractivity contribution < 1.29 is 19.1 Å². The van der Waals surface area contributed by atoms with Crippen LogP contribution in [0.5, 0.6) is 0 Å². The lowest BCUT2D eigenvalue weighted by atomic mass is 10.1. The Labute approximate surface area is 119 Å². The van der Waals surface area contributed by atoms with Gasteiger partial charge in [0, 0.05) is 12.1 Å². The minimum absolute atomic E-state index is 0.180. The monoisotopic (exact) mass is 327 g/mol. The number of ether oxygens (including phenoxy) is 2. The molecule has 1 atom stereocenters. The van der Waals surface area contributed by atoms with E-state index >= 15 is 0 Å². The van der Waals surface area contributed by atoms with Crippen molar-refractivity contribution in [3.05, 3.63) is 34.9 Å². The first kappa shape index (κ1) is 14.0. The molecule has 1 N–H and O–H groups in total. The summed E-state index contributed by atoms with van der Waals surface area (Å²) in [6.45, 7) is 1.32. The number of esters is 1. The van der Waals surface area contributed by atoms with Crippen LogP contribution in [0, 0.1) is 0 Å². The van der Waals surface area contributed by atoms with Gasteiger partial charge in [-0.3, -0.25) is 9.59 Å². The molecule has 0 saturated heterocycles. The van der Waals surface area contributed by atoms with Crippen LogP contribution < -0.4 is 5.32 Å². The van der Waals surface area contributed by atoms with Gasteiger partial charge < -0.3 is 14.8 Å². The number of methoxy groups -OCH3 is 1. The first-order chi connectivity index (χ1) is 9.11. The van der Waals surface area contributed by atoms with E-state index < -0.39 is 10.8 Å². The average Bonchev–Trinajstić information content (AvgIpc) is 2.90. The largest absolute Gasteiger partial charge is 0.468 e. The fourth-order valence-electron chi connectivity index (χ4n) is 1.81. The molecule has 1 aromatic rings. The number of hydrogen-bond donors (Lipinski definition) is 1. The van der Waals surface area contributed by atoms with Crippen LogP contribution in [0.3, 0.4) is 0 Å². The molecule has 1 heterocycles. The van der Waals surface area contributed by atoms with Crippen LogP contribution in [0.4, 0.5) is 0 Å². The highest BCUT2D eigenvalue weighted by atomic mass is 79.9. The highest BCUT2D eigenvalue weighted by Gasteiger charge is 2.18. The van der Waals surface area contributed by atoms with Gasteiger partial charge in [-0.25, -0.2) is 0 Å². The van der Waals surface area contributed by atoms with Crippen molar-refractivity contribution in [2.24, 2.45) is 0 Å². The van der Waals surface area contributed by atoms with Crippen molar-refractivity contribution in [1.29, 1.82) is 0 Å². The molecule has 0 radical (unpaired) electrons. The summed E-state index contributed by atoms with van der Waals surface area (Å²) in [7, 11) is 1.30. The van der Waals surface area contributed by atoms with E-state index in [2.05, 4.69) is 26.0 Å². The molecule has 1 aliphatic heterocycles. The molecule has 19 heavy (non-hydrogen) atoms. The molecular weight excluding hydrogens is 314 g/mol. The van der Waals surface area contributed by atoms with Crippen molar-refractivity contribution >= 4 is 27.8 Å². The van der Waals surface area contributed by atoms with E-state index in [1.54, 1.807) is 6.07 Å². The number of carbonyl (C=O) groups excluding carboxylic acids is 2. The minimum atomic E-state index is -0.542. The molecule has 1 aromatic carbocycles. The van der Waals surface area contributed by atoms with Crippen molar-refractivity contribution in [2.75, 3.05) is 13.7 Å². The van der Waals surface area contributed by atoms with E-state index in [0.717, 1.165) is 11.1 Å². The second-order valence-corrected chi connectivity index (χ2v) is 5.28. The van der Waals surface area contributed by atoms with Crippen molar-refractivity contribution in [3.8, 4) is 0 Å². The number of alkyl halides is 1. The molecule has 0 spiro atoms. The van der Waals surface area contributed by atoms with Gasteiger partial charge in [0.25, 0.3) is 5.91 Å². The summed E-state index contributed by atoms with van der Waals surface area (Å²) < 4.78 is 9.85. The third-order valence-corrected chi connectivity index (χ3v) is 3.58. The minimum Gasteiger partial charge on any atom is -0.468 e. The number of fused-ring (bicyclic) bond motifs is 1. The standard InChI is InChI=1S/C13H14BrNO4/c1-18-13(17)11(14)5-15-12(16)8-2-3-9-6-19-7-10(9)4-8/h2-4,11H,5-7H2,1H3,(H,15,16). The molecule has 1 unspecified atom stereocenters. The second-order valence-electron chi connectivity index (χ2n) is 4.18. The maximum Gasteiger partial charge on any atom is 0.321 e. The maximum atomic E-state index is 11.9. The molecule has 0 bridgehead atoms. The Morgan fingerprint density at radius 3 is 2.89 bits per heavy atom. The van der Waals surface area contributed by atoms with Crippen LogP contribution in [0.25, 0.3) is 0 Å². The van der Waals surface area contributed by atoms with Crippen LogP contribution in [-0.4, -0.2) is 30.4 Å². The van der Waals surface area contributed by atoms with Gasteiger partial charge in [0.1, 0.15) is 4.83 Å². The third-order valence-electron chi connectivity index (χ3n) is 2.88. The van der Waals surface area contributed by atoms with E-state index in [-0.39, 0.29) is 12.5 Å². The topological polar surface area (TPSA) is 64.6 Å². The summed E-state index contributed by atoms with van der Waals surface area (Å²) >= 11 is 3.14. The molecule has 102 valence electrons. The van der Waals surface area contributed by atoms with Crippen LogP contribution in [-0.2, 0) is 27.5 Å². The summed E-state index contributed by atoms with van der Waals surface area (Å²) in [4.78, 5) is 22.6. The van der Waals surface area contributed by atoms with Gasteiger partial charge in [-0.15, -0.1) is 0 Å². The molecule has 0 saturated carbocycles. The Morgan fingerprint density at radius 1 is 1.42 bits per heavy atom. The molecule has 6 heteroatoms. The number of benzene rings is 1. The number of nitrogens with one attached hydrogen (secondary N) is 1. The van der Waals surface area contributed by atoms with Gasteiger partial charge in [0.2, 0.25) is 0 Å². The summed E-state index contributed by atoms with van der Waals surface area (Å²) in [5.74, 6) is -0.634. The van der Waals surface area contributed by atoms with Gasteiger partial charge in [-0.05, 0) is 23.3 Å². The molecule has 0 fully saturated rings. The Hall–Kier alpha value is -1.40. The van der Waals surface area contributed by atoms with E-state index in [0.29, 0.717) is 18.8 Å². The molecular formula is C13H14BrNO4. The van der Waals surface area contributed by atoms with E-state index in [1.165, 1.54) is 7.11 Å². The predicted octanol–water partition coefficient (Wildman–Crippen LogP) is 1.38. The number of rotatable bonds is 4. The lowest BCUT2D eigenvalue weighted by molar-refractivity contribution is -0.139. The van der Waals surface area contributed by atoms with Crippen molar-refractivity contribution in [2.45, 2.75) is 18.0 Å². The van der Waals surface area contributed by atoms with Crippen molar-refractivity contribution in [3.63, 3.8) is 0 Å². The molecule has 1 amide bonds. The zero-order chi connectivity index (χ0) is 13.8. The number of hydrogen-bond acceptors (Lipinski definition) is 4. The van der Waals surface area contributed by atoms with Crippen LogP contribution in [0.1, 0.15) is 21.5 Å². The summed E-state index contributed by atoms with van der Waals surface area (Å²) in [6, 6.07) is 5.46. The normalized spacial score (nSPS) is 14.6. The number of amides is 1. The lowest BCUT2D eigenvalue weighted by Crippen LogP contribution is -2.33. The van der Waals surface area contributed by atoms with Crippen LogP contribution in [0.15, 0.2) is 18.2 Å². The Balaban J connectivity index is 1.95. The average molecular weight is 328 g/mol. The predicted molar refractivity (Wildman–Crippen MR) is 72.0 cm³/mol. The van der Waals surface area contributed by atoms with Gasteiger partial charge >= 0.3 is 5.97 Å². The Morgan fingerprint density at radius 2 is 2.16 bits per heavy atom. The van der Waals surface area contributed by atoms with E-state index in [9.17, 15) is 9.59 Å². The number of halogens is 1. The van der Waals surface area contributed by atoms with Crippen LogP contribution >= 0.6 is 15.9 Å². The van der Waals surface area contributed by atoms with Crippen molar-refractivity contribution in [1.82, 2.24) is 5.32 Å². The first-order valence-electron chi connectivity index (χ1n) is 5.81. The fraction of sp³-hybridized carbons (Fsp3) is 0.385. The highest BCUT2D eigenvalue weighted by molar-refractivity contribution is 9.10. The summed E-state index contributed by atoms with van der Waals surface area (Å²) in [5, 5.41) is 2.68. The summed E-state index contributed by atoms with van der Waals surface area (Å²) in [6.07, 6.45) is 0. The van der Waals surface area contributed by atoms with Gasteiger partial charge in [-0.2, -0.15) is 0 Å². The highest BCUT2D eigenvalue weighted by Crippen LogP contribution is 2.20. The zero-order valence-corrected chi connectivity index (χ0v) is 12.0. The Bertz CT molecular complexity index is 503. The zero-order valence-electron chi connectivity index (χ0n) is 10.4. The Kier molecular flexibility index (Phi) is 4.55. The number of carbonyl (C=O) groups is 2. The van der Waals surface area contributed by atoms with Crippen LogP contribution in [0.2, 0.25) is 0 Å². The molecule has 0 aliphatic carbocycles. The second kappa shape index (κ2) is 6.16. The molecule has 5 nitrogen and oxygen atoms in total. The first-order valence-corrected chi connectivity index (χ1v) is 6.73. The quantitative estimate of drug-likeness (QED) is 0.670.